The van der Waals surface area contributed by atoms with E-state index in [4.69, 9.17) is 4.74 Å². The first kappa shape index (κ1) is 13.3. The van der Waals surface area contributed by atoms with Crippen LogP contribution in [0.25, 0.3) is 0 Å². The molecule has 0 spiro atoms. The number of hydrogen-bond acceptors (Lipinski definition) is 6. The summed E-state index contributed by atoms with van der Waals surface area (Å²) in [7, 11) is 0. The number of carbonyl (C=O) groups is 1. The Labute approximate surface area is 101 Å². The van der Waals surface area contributed by atoms with E-state index in [0.717, 1.165) is 24.2 Å². The van der Waals surface area contributed by atoms with Gasteiger partial charge in [-0.1, -0.05) is 13.8 Å². The molecule has 0 aliphatic rings. The van der Waals surface area contributed by atoms with Crippen molar-refractivity contribution < 1.29 is 9.53 Å². The minimum absolute atomic E-state index is 0.0597. The van der Waals surface area contributed by atoms with Crippen LogP contribution in [0.15, 0.2) is 0 Å². The molecule has 0 saturated heterocycles. The van der Waals surface area contributed by atoms with Gasteiger partial charge in [0, 0.05) is 0 Å². The summed E-state index contributed by atoms with van der Waals surface area (Å²) < 4.78 is 4.79. The Kier molecular flexibility index (Phi) is 5.32. The fourth-order valence-corrected chi connectivity index (χ4v) is 1.38. The van der Waals surface area contributed by atoms with Crippen molar-refractivity contribution in [2.75, 3.05) is 18.5 Å². The predicted molar refractivity (Wildman–Crippen MR) is 63.7 cm³/mol. The maximum Gasteiger partial charge on any atom is 0.325 e. The Bertz CT molecular complexity index is 382. The maximum absolute atomic E-state index is 11.1. The van der Waals surface area contributed by atoms with Crippen molar-refractivity contribution >= 4 is 11.9 Å². The van der Waals surface area contributed by atoms with Gasteiger partial charge in [-0.25, -0.2) is 4.98 Å². The normalized spacial score (nSPS) is 10.1. The van der Waals surface area contributed by atoms with Crippen LogP contribution in [-0.4, -0.2) is 34.3 Å². The fourth-order valence-electron chi connectivity index (χ4n) is 1.38. The highest BCUT2D eigenvalue weighted by Gasteiger charge is 2.07. The topological polar surface area (TPSA) is 77.0 Å². The molecule has 1 rings (SSSR count). The van der Waals surface area contributed by atoms with Crippen LogP contribution in [0.4, 0.5) is 5.95 Å². The zero-order chi connectivity index (χ0) is 12.7. The second-order valence-electron chi connectivity index (χ2n) is 3.39. The molecule has 0 fully saturated rings. The number of carbonyl (C=O) groups excluding carboxylic acids is 1. The van der Waals surface area contributed by atoms with E-state index in [1.807, 2.05) is 13.8 Å². The second kappa shape index (κ2) is 6.78. The lowest BCUT2D eigenvalue weighted by Gasteiger charge is -2.07. The van der Waals surface area contributed by atoms with Crippen LogP contribution in [0.3, 0.4) is 0 Å². The largest absolute Gasteiger partial charge is 0.465 e. The van der Waals surface area contributed by atoms with Gasteiger partial charge in [0.25, 0.3) is 0 Å². The number of rotatable bonds is 6. The second-order valence-corrected chi connectivity index (χ2v) is 3.39. The van der Waals surface area contributed by atoms with Crippen molar-refractivity contribution in [3.05, 3.63) is 11.4 Å². The number of anilines is 1. The monoisotopic (exact) mass is 238 g/mol. The molecule has 6 heteroatoms. The van der Waals surface area contributed by atoms with Crippen LogP contribution >= 0.6 is 0 Å². The summed E-state index contributed by atoms with van der Waals surface area (Å²) in [5.74, 6) is 0.0424. The third-order valence-corrected chi connectivity index (χ3v) is 2.21. The molecule has 6 nitrogen and oxygen atoms in total. The molecule has 17 heavy (non-hydrogen) atoms. The summed E-state index contributed by atoms with van der Waals surface area (Å²) in [5, 5.41) is 10.8. The summed E-state index contributed by atoms with van der Waals surface area (Å²) in [5.41, 5.74) is 1.81. The van der Waals surface area contributed by atoms with E-state index in [9.17, 15) is 4.79 Å². The molecule has 1 heterocycles. The van der Waals surface area contributed by atoms with E-state index < -0.39 is 0 Å². The van der Waals surface area contributed by atoms with Gasteiger partial charge in [-0.3, -0.25) is 4.79 Å². The van der Waals surface area contributed by atoms with Gasteiger partial charge in [0.05, 0.1) is 18.0 Å². The van der Waals surface area contributed by atoms with E-state index >= 15 is 0 Å². The molecule has 0 aliphatic carbocycles. The van der Waals surface area contributed by atoms with E-state index in [2.05, 4.69) is 20.5 Å². The number of hydrogen-bond donors (Lipinski definition) is 1. The van der Waals surface area contributed by atoms with Gasteiger partial charge in [-0.05, 0) is 19.8 Å². The van der Waals surface area contributed by atoms with Crippen LogP contribution in [-0.2, 0) is 22.4 Å². The Morgan fingerprint density at radius 3 is 2.47 bits per heavy atom. The van der Waals surface area contributed by atoms with E-state index in [0.29, 0.717) is 12.6 Å². The zero-order valence-electron chi connectivity index (χ0n) is 10.5. The number of aromatic nitrogens is 3. The van der Waals surface area contributed by atoms with Crippen molar-refractivity contribution in [3.63, 3.8) is 0 Å². The first-order valence-electron chi connectivity index (χ1n) is 5.83. The first-order chi connectivity index (χ1) is 8.21. The van der Waals surface area contributed by atoms with E-state index in [-0.39, 0.29) is 12.5 Å². The summed E-state index contributed by atoms with van der Waals surface area (Å²) in [6.07, 6.45) is 1.61. The number of esters is 1. The van der Waals surface area contributed by atoms with E-state index in [1.165, 1.54) is 0 Å². The number of aryl methyl sites for hydroxylation is 2. The van der Waals surface area contributed by atoms with Gasteiger partial charge in [0.15, 0.2) is 0 Å². The lowest BCUT2D eigenvalue weighted by atomic mass is 10.2. The van der Waals surface area contributed by atoms with Gasteiger partial charge in [-0.2, -0.15) is 5.10 Å². The number of nitrogens with zero attached hydrogens (tertiary/aromatic N) is 3. The molecule has 0 radical (unpaired) electrons. The average molecular weight is 238 g/mol. The minimum Gasteiger partial charge on any atom is -0.465 e. The van der Waals surface area contributed by atoms with Crippen molar-refractivity contribution in [1.82, 2.24) is 15.2 Å². The molecule has 0 amide bonds. The lowest BCUT2D eigenvalue weighted by Crippen LogP contribution is -2.19. The van der Waals surface area contributed by atoms with Gasteiger partial charge < -0.3 is 10.1 Å². The molecule has 0 aromatic carbocycles. The maximum atomic E-state index is 11.1. The molecule has 1 aromatic heterocycles. The highest BCUT2D eigenvalue weighted by Crippen LogP contribution is 2.06. The molecular formula is C11H18N4O2. The van der Waals surface area contributed by atoms with Crippen LogP contribution in [0.2, 0.25) is 0 Å². The molecular weight excluding hydrogens is 220 g/mol. The molecule has 0 saturated carbocycles. The third-order valence-electron chi connectivity index (χ3n) is 2.21. The smallest absolute Gasteiger partial charge is 0.325 e. The molecule has 0 atom stereocenters. The quantitative estimate of drug-likeness (QED) is 0.744. The Hall–Kier alpha value is -1.72. The molecule has 1 N–H and O–H groups in total. The molecule has 0 bridgehead atoms. The van der Waals surface area contributed by atoms with Crippen LogP contribution < -0.4 is 5.32 Å². The summed E-state index contributed by atoms with van der Waals surface area (Å²) in [6, 6.07) is 0. The predicted octanol–water partition coefficient (Wildman–Crippen LogP) is 0.971. The first-order valence-corrected chi connectivity index (χ1v) is 5.83. The number of nitrogens with one attached hydrogen (secondary N) is 1. The molecule has 94 valence electrons. The van der Waals surface area contributed by atoms with Crippen molar-refractivity contribution in [2.24, 2.45) is 0 Å². The fraction of sp³-hybridized carbons (Fsp3) is 0.636. The molecule has 0 aliphatic heterocycles. The van der Waals surface area contributed by atoms with Crippen LogP contribution in [0.1, 0.15) is 32.2 Å². The average Bonchev–Trinajstić information content (AvgIpc) is 2.36. The van der Waals surface area contributed by atoms with Crippen molar-refractivity contribution in [2.45, 2.75) is 33.6 Å². The summed E-state index contributed by atoms with van der Waals surface area (Å²) >= 11 is 0. The Balaban J connectivity index is 2.63. The van der Waals surface area contributed by atoms with Crippen molar-refractivity contribution in [1.29, 1.82) is 0 Å². The summed E-state index contributed by atoms with van der Waals surface area (Å²) in [6.45, 7) is 6.22. The molecule has 1 aromatic rings. The van der Waals surface area contributed by atoms with Gasteiger partial charge >= 0.3 is 5.97 Å². The van der Waals surface area contributed by atoms with Gasteiger partial charge in [-0.15, -0.1) is 5.10 Å². The van der Waals surface area contributed by atoms with Gasteiger partial charge in [0.2, 0.25) is 5.95 Å². The minimum atomic E-state index is -0.325. The van der Waals surface area contributed by atoms with Crippen LogP contribution in [0, 0.1) is 0 Å². The van der Waals surface area contributed by atoms with Crippen molar-refractivity contribution in [3.8, 4) is 0 Å². The van der Waals surface area contributed by atoms with E-state index in [1.54, 1.807) is 6.92 Å². The SMILES string of the molecule is CCOC(=O)CNc1nnc(CC)c(CC)n1. The standard InChI is InChI=1S/C11H18N4O2/c1-4-8-9(5-2)14-15-11(13-8)12-7-10(16)17-6-3/h4-7H2,1-3H3,(H,12,13,15). The lowest BCUT2D eigenvalue weighted by molar-refractivity contribution is -0.140. The van der Waals surface area contributed by atoms with Gasteiger partial charge in [0.1, 0.15) is 6.54 Å². The number of ether oxygens (including phenoxy) is 1. The molecule has 0 unspecified atom stereocenters. The zero-order valence-corrected chi connectivity index (χ0v) is 10.5. The summed E-state index contributed by atoms with van der Waals surface area (Å²) in [4.78, 5) is 15.4. The highest BCUT2D eigenvalue weighted by atomic mass is 16.5. The highest BCUT2D eigenvalue weighted by molar-refractivity contribution is 5.74. The third kappa shape index (κ3) is 3.97. The van der Waals surface area contributed by atoms with Crippen LogP contribution in [0.5, 0.6) is 0 Å². The Morgan fingerprint density at radius 2 is 1.88 bits per heavy atom. The Morgan fingerprint density at radius 1 is 1.18 bits per heavy atom.